The second kappa shape index (κ2) is 19.7. The van der Waals surface area contributed by atoms with Crippen molar-refractivity contribution in [2.75, 3.05) is 0 Å². The maximum absolute atomic E-state index is 5.44. The fourth-order valence-electron chi connectivity index (χ4n) is 13.4. The van der Waals surface area contributed by atoms with Gasteiger partial charge in [0.2, 0.25) is 5.95 Å². The average Bonchev–Trinajstić information content (AvgIpc) is 1.59. The summed E-state index contributed by atoms with van der Waals surface area (Å²) in [5.74, 6) is 3.40. The van der Waals surface area contributed by atoms with Crippen molar-refractivity contribution in [2.45, 2.75) is 0 Å². The molecule has 0 bridgehead atoms. The number of benzene rings is 12. The highest BCUT2D eigenvalue weighted by Crippen LogP contribution is 2.46. The fourth-order valence-corrected chi connectivity index (χ4v) is 13.4. The molecule has 18 aromatic rings. The van der Waals surface area contributed by atoms with Crippen molar-refractivity contribution in [3.8, 4) is 79.9 Å². The lowest BCUT2D eigenvalue weighted by molar-refractivity contribution is 0.953. The quantitative estimate of drug-likeness (QED) is 0.143. The molecule has 88 heavy (non-hydrogen) atoms. The van der Waals surface area contributed by atoms with Gasteiger partial charge in [0.25, 0.3) is 0 Å². The normalized spacial score (nSPS) is 11.9. The molecule has 10 nitrogen and oxygen atoms in total. The zero-order valence-corrected chi connectivity index (χ0v) is 47.2. The monoisotopic (exact) mass is 1120 g/mol. The molecule has 0 aliphatic carbocycles. The first-order valence-electron chi connectivity index (χ1n) is 29.5. The molecule has 18 rings (SSSR count). The lowest BCUT2D eigenvalue weighted by Gasteiger charge is -2.23. The number of para-hydroxylation sites is 7. The lowest BCUT2D eigenvalue weighted by Crippen LogP contribution is -2.10. The van der Waals surface area contributed by atoms with E-state index in [-0.39, 0.29) is 0 Å². The minimum Gasteiger partial charge on any atom is -0.307 e. The van der Waals surface area contributed by atoms with Gasteiger partial charge in [-0.2, -0.15) is 9.97 Å². The second-order valence-electron chi connectivity index (χ2n) is 22.2. The summed E-state index contributed by atoms with van der Waals surface area (Å²) in [7, 11) is 0. The number of fused-ring (bicyclic) bond motifs is 12. The molecule has 0 aliphatic rings. The van der Waals surface area contributed by atoms with Crippen LogP contribution in [0.15, 0.2) is 291 Å². The molecule has 0 saturated carbocycles. The molecule has 0 spiro atoms. The first-order chi connectivity index (χ1) is 43.7. The highest BCUT2D eigenvalue weighted by atomic mass is 15.2. The molecule has 6 heterocycles. The van der Waals surface area contributed by atoms with E-state index in [2.05, 4.69) is 255 Å². The van der Waals surface area contributed by atoms with Gasteiger partial charge < -0.3 is 13.7 Å². The number of nitrogens with zero attached hydrogens (tertiary/aromatic N) is 10. The van der Waals surface area contributed by atoms with E-state index in [4.69, 9.17) is 29.9 Å². The molecule has 410 valence electrons. The summed E-state index contributed by atoms with van der Waals surface area (Å²) < 4.78 is 9.53. The summed E-state index contributed by atoms with van der Waals surface area (Å²) in [4.78, 5) is 32.1. The molecular weight excluding hydrogens is 1080 g/mol. The van der Waals surface area contributed by atoms with Crippen LogP contribution in [-0.2, 0) is 0 Å². The Morgan fingerprint density at radius 3 is 0.830 bits per heavy atom. The molecule has 0 amide bonds. The van der Waals surface area contributed by atoms with Gasteiger partial charge in [0.1, 0.15) is 0 Å². The number of hydrogen-bond donors (Lipinski definition) is 0. The Kier molecular flexibility index (Phi) is 11.1. The van der Waals surface area contributed by atoms with Crippen molar-refractivity contribution < 1.29 is 0 Å². The van der Waals surface area contributed by atoms with Gasteiger partial charge >= 0.3 is 0 Å². The largest absolute Gasteiger partial charge is 0.307 e. The average molecular weight is 1130 g/mol. The SMILES string of the molecule is c1ccc(-c2nc(-c3ccccc3)nc(-c3cc(-n4c5ccccc5c5ccccc54)c(-n4c5ccccc5c5cc(-c6nc(-c7ccccc7)nc(-n7c8ccccc8c8ccccc87)n6)ccc54)c(-n4c5ccccc5c5ccccc54)c3)n2)cc1. The maximum Gasteiger partial charge on any atom is 0.238 e. The van der Waals surface area contributed by atoms with Crippen LogP contribution in [0.3, 0.4) is 0 Å². The van der Waals surface area contributed by atoms with E-state index in [0.717, 1.165) is 132 Å². The van der Waals surface area contributed by atoms with Crippen LogP contribution in [0.1, 0.15) is 0 Å². The molecular formula is C78H48N10. The van der Waals surface area contributed by atoms with Crippen LogP contribution in [-0.4, -0.2) is 48.2 Å². The first-order valence-corrected chi connectivity index (χ1v) is 29.5. The Labute approximate surface area is 503 Å². The van der Waals surface area contributed by atoms with Gasteiger partial charge in [0.15, 0.2) is 29.1 Å². The Balaban J connectivity index is 0.966. The molecule has 0 unspecified atom stereocenters. The summed E-state index contributed by atoms with van der Waals surface area (Å²) >= 11 is 0. The van der Waals surface area contributed by atoms with Gasteiger partial charge in [-0.15, -0.1) is 0 Å². The Morgan fingerprint density at radius 1 is 0.182 bits per heavy atom. The third kappa shape index (κ3) is 7.69. The van der Waals surface area contributed by atoms with Crippen LogP contribution in [0, 0.1) is 0 Å². The van der Waals surface area contributed by atoms with Gasteiger partial charge in [-0.3, -0.25) is 4.57 Å². The smallest absolute Gasteiger partial charge is 0.238 e. The molecule has 0 radical (unpaired) electrons. The minimum atomic E-state index is 0.542. The van der Waals surface area contributed by atoms with Crippen LogP contribution in [0.2, 0.25) is 0 Å². The molecule has 0 atom stereocenters. The number of rotatable bonds is 9. The van der Waals surface area contributed by atoms with Crippen molar-refractivity contribution in [2.24, 2.45) is 0 Å². The van der Waals surface area contributed by atoms with Gasteiger partial charge in [0, 0.05) is 70.9 Å². The molecule has 6 aromatic heterocycles. The molecule has 12 aromatic carbocycles. The van der Waals surface area contributed by atoms with Crippen molar-refractivity contribution >= 4 is 87.2 Å². The van der Waals surface area contributed by atoms with E-state index in [0.29, 0.717) is 35.1 Å². The van der Waals surface area contributed by atoms with Crippen LogP contribution in [0.4, 0.5) is 0 Å². The van der Waals surface area contributed by atoms with E-state index in [1.54, 1.807) is 0 Å². The van der Waals surface area contributed by atoms with Crippen LogP contribution in [0.25, 0.3) is 167 Å². The first kappa shape index (κ1) is 49.3. The summed E-state index contributed by atoms with van der Waals surface area (Å²) in [6.45, 7) is 0. The predicted octanol–water partition coefficient (Wildman–Crippen LogP) is 18.8. The maximum atomic E-state index is 5.44. The Hall–Kier alpha value is -12.1. The topological polar surface area (TPSA) is 97.1 Å². The molecule has 10 heteroatoms. The minimum absolute atomic E-state index is 0.542. The summed E-state index contributed by atoms with van der Waals surface area (Å²) in [5.41, 5.74) is 15.5. The van der Waals surface area contributed by atoms with E-state index in [1.807, 2.05) is 54.6 Å². The van der Waals surface area contributed by atoms with Crippen LogP contribution >= 0.6 is 0 Å². The van der Waals surface area contributed by atoms with Crippen LogP contribution in [0.5, 0.6) is 0 Å². The lowest BCUT2D eigenvalue weighted by atomic mass is 10.1. The van der Waals surface area contributed by atoms with E-state index < -0.39 is 0 Å². The number of aromatic nitrogens is 10. The van der Waals surface area contributed by atoms with Gasteiger partial charge in [-0.25, -0.2) is 19.9 Å². The van der Waals surface area contributed by atoms with Crippen molar-refractivity contribution in [1.29, 1.82) is 0 Å². The summed E-state index contributed by atoms with van der Waals surface area (Å²) in [5, 5.41) is 8.95. The standard InChI is InChI=1S/C78H48N10/c1-4-24-49(25-5-1)73-79-74(50-26-6-2-7-27-50)81-77(80-73)53-47-70(85-62-37-17-10-30-54(62)55-31-11-18-38-63(55)85)72(71(48-53)86-64-39-19-12-32-56(64)57-33-13-20-40-65(57)86)87-66-41-21-16-36-60(66)61-46-52(44-45-69(61)87)76-82-75(51-28-8-3-9-29-51)83-78(84-76)88-67-42-22-14-34-58(67)59-35-15-23-43-68(59)88/h1-48H. The van der Waals surface area contributed by atoms with Gasteiger partial charge in [-0.05, 0) is 72.8 Å². The molecule has 0 fully saturated rings. The molecule has 0 N–H and O–H groups in total. The Bertz CT molecular complexity index is 5470. The van der Waals surface area contributed by atoms with E-state index >= 15 is 0 Å². The highest BCUT2D eigenvalue weighted by molar-refractivity contribution is 6.15. The highest BCUT2D eigenvalue weighted by Gasteiger charge is 2.28. The third-order valence-corrected chi connectivity index (χ3v) is 17.3. The van der Waals surface area contributed by atoms with E-state index in [1.165, 1.54) is 0 Å². The van der Waals surface area contributed by atoms with Crippen LogP contribution < -0.4 is 0 Å². The van der Waals surface area contributed by atoms with Gasteiger partial charge in [-0.1, -0.05) is 218 Å². The zero-order valence-electron chi connectivity index (χ0n) is 47.2. The third-order valence-electron chi connectivity index (χ3n) is 17.3. The second-order valence-corrected chi connectivity index (χ2v) is 22.2. The van der Waals surface area contributed by atoms with Crippen molar-refractivity contribution in [1.82, 2.24) is 48.2 Å². The van der Waals surface area contributed by atoms with Crippen molar-refractivity contribution in [3.63, 3.8) is 0 Å². The predicted molar refractivity (Wildman–Crippen MR) is 358 cm³/mol. The molecule has 0 aliphatic heterocycles. The van der Waals surface area contributed by atoms with Crippen molar-refractivity contribution in [3.05, 3.63) is 291 Å². The molecule has 0 saturated heterocycles. The summed E-state index contributed by atoms with van der Waals surface area (Å²) in [6, 6.07) is 103. The van der Waals surface area contributed by atoms with E-state index in [9.17, 15) is 0 Å². The Morgan fingerprint density at radius 2 is 0.455 bits per heavy atom. The number of hydrogen-bond acceptors (Lipinski definition) is 6. The zero-order chi connectivity index (χ0) is 57.8. The summed E-state index contributed by atoms with van der Waals surface area (Å²) in [6.07, 6.45) is 0. The fraction of sp³-hybridized carbons (Fsp3) is 0. The van der Waals surface area contributed by atoms with Gasteiger partial charge in [0.05, 0.1) is 61.2 Å².